The van der Waals surface area contributed by atoms with E-state index in [0.717, 1.165) is 36.8 Å². The Morgan fingerprint density at radius 3 is 2.59 bits per heavy atom. The summed E-state index contributed by atoms with van der Waals surface area (Å²) in [6, 6.07) is 3.75. The highest BCUT2D eigenvalue weighted by atomic mass is 35.5. The number of hydrogen-bond donors (Lipinski definition) is 0. The zero-order chi connectivity index (χ0) is 12.7. The summed E-state index contributed by atoms with van der Waals surface area (Å²) in [5.74, 6) is 0. The molecule has 0 fully saturated rings. The summed E-state index contributed by atoms with van der Waals surface area (Å²) in [5.41, 5.74) is 1.07. The predicted octanol–water partition coefficient (Wildman–Crippen LogP) is 2.16. The van der Waals surface area contributed by atoms with Crippen molar-refractivity contribution in [2.75, 3.05) is 40.8 Å². The van der Waals surface area contributed by atoms with Gasteiger partial charge in [-0.1, -0.05) is 11.6 Å². The average molecular weight is 256 g/mol. The van der Waals surface area contributed by atoms with E-state index in [1.54, 1.807) is 6.20 Å². The number of pyridine rings is 1. The lowest BCUT2D eigenvalue weighted by molar-refractivity contribution is 0.302. The second-order valence-electron chi connectivity index (χ2n) is 4.68. The molecule has 17 heavy (non-hydrogen) atoms. The van der Waals surface area contributed by atoms with E-state index in [1.807, 2.05) is 12.1 Å². The fourth-order valence-corrected chi connectivity index (χ4v) is 1.84. The molecule has 1 rings (SSSR count). The van der Waals surface area contributed by atoms with Gasteiger partial charge in [-0.2, -0.15) is 0 Å². The minimum Gasteiger partial charge on any atom is -0.309 e. The van der Waals surface area contributed by atoms with Crippen LogP contribution < -0.4 is 0 Å². The van der Waals surface area contributed by atoms with E-state index in [0.29, 0.717) is 0 Å². The third-order valence-corrected chi connectivity index (χ3v) is 2.91. The molecule has 0 atom stereocenters. The van der Waals surface area contributed by atoms with Gasteiger partial charge < -0.3 is 9.80 Å². The molecule has 0 aliphatic rings. The molecule has 0 aliphatic carbocycles. The summed E-state index contributed by atoms with van der Waals surface area (Å²) in [6.45, 7) is 3.29. The molecular formula is C13H22ClN3. The van der Waals surface area contributed by atoms with Crippen molar-refractivity contribution in [1.29, 1.82) is 0 Å². The van der Waals surface area contributed by atoms with Gasteiger partial charge in [0.25, 0.3) is 0 Å². The maximum absolute atomic E-state index is 5.92. The fourth-order valence-electron chi connectivity index (χ4n) is 1.66. The highest BCUT2D eigenvalue weighted by molar-refractivity contribution is 6.30. The van der Waals surface area contributed by atoms with Gasteiger partial charge in [0.15, 0.2) is 0 Å². The van der Waals surface area contributed by atoms with Gasteiger partial charge in [0.1, 0.15) is 0 Å². The lowest BCUT2D eigenvalue weighted by Gasteiger charge is -2.17. The standard InChI is InChI=1S/C13H22ClN3/c1-16(2)8-4-9-17(3)10-6-13-11-12(14)5-7-15-13/h5,7,11H,4,6,8-10H2,1-3H3. The number of hydrogen-bond acceptors (Lipinski definition) is 3. The number of halogens is 1. The summed E-state index contributed by atoms with van der Waals surface area (Å²) in [7, 11) is 6.37. The second kappa shape index (κ2) is 7.64. The van der Waals surface area contributed by atoms with Crippen LogP contribution in [-0.4, -0.2) is 55.6 Å². The van der Waals surface area contributed by atoms with E-state index in [-0.39, 0.29) is 0 Å². The fraction of sp³-hybridized carbons (Fsp3) is 0.615. The van der Waals surface area contributed by atoms with Crippen LogP contribution in [0.4, 0.5) is 0 Å². The van der Waals surface area contributed by atoms with Gasteiger partial charge in [0.2, 0.25) is 0 Å². The van der Waals surface area contributed by atoms with Gasteiger partial charge in [0.05, 0.1) is 0 Å². The third-order valence-electron chi connectivity index (χ3n) is 2.67. The zero-order valence-corrected chi connectivity index (χ0v) is 11.7. The van der Waals surface area contributed by atoms with Crippen LogP contribution in [-0.2, 0) is 6.42 Å². The van der Waals surface area contributed by atoms with Crippen molar-refractivity contribution in [3.63, 3.8) is 0 Å². The quantitative estimate of drug-likeness (QED) is 0.744. The molecular weight excluding hydrogens is 234 g/mol. The van der Waals surface area contributed by atoms with Crippen molar-refractivity contribution in [2.24, 2.45) is 0 Å². The summed E-state index contributed by atoms with van der Waals surface area (Å²) in [6.07, 6.45) is 3.93. The van der Waals surface area contributed by atoms with Gasteiger partial charge in [-0.3, -0.25) is 4.98 Å². The van der Waals surface area contributed by atoms with E-state index in [1.165, 1.54) is 6.42 Å². The van der Waals surface area contributed by atoms with Gasteiger partial charge in [-0.15, -0.1) is 0 Å². The van der Waals surface area contributed by atoms with Crippen molar-refractivity contribution in [1.82, 2.24) is 14.8 Å². The van der Waals surface area contributed by atoms with Gasteiger partial charge in [-0.05, 0) is 52.8 Å². The van der Waals surface area contributed by atoms with E-state index in [4.69, 9.17) is 11.6 Å². The molecule has 4 heteroatoms. The Bertz CT molecular complexity index is 328. The Hall–Kier alpha value is -0.640. The van der Waals surface area contributed by atoms with E-state index >= 15 is 0 Å². The minimum absolute atomic E-state index is 0.769. The summed E-state index contributed by atoms with van der Waals surface area (Å²) in [5, 5.41) is 0.769. The van der Waals surface area contributed by atoms with Crippen LogP contribution in [0.1, 0.15) is 12.1 Å². The monoisotopic (exact) mass is 255 g/mol. The van der Waals surface area contributed by atoms with Crippen LogP contribution in [0, 0.1) is 0 Å². The second-order valence-corrected chi connectivity index (χ2v) is 5.11. The predicted molar refractivity (Wildman–Crippen MR) is 73.6 cm³/mol. The van der Waals surface area contributed by atoms with E-state index in [2.05, 4.69) is 35.9 Å². The van der Waals surface area contributed by atoms with Gasteiger partial charge in [-0.25, -0.2) is 0 Å². The summed E-state index contributed by atoms with van der Waals surface area (Å²) >= 11 is 5.92. The molecule has 0 aromatic carbocycles. The first-order chi connectivity index (χ1) is 8.08. The Morgan fingerprint density at radius 1 is 1.18 bits per heavy atom. The summed E-state index contributed by atoms with van der Waals surface area (Å²) in [4.78, 5) is 8.85. The van der Waals surface area contributed by atoms with Crippen molar-refractivity contribution in [3.8, 4) is 0 Å². The minimum atomic E-state index is 0.769. The molecule has 3 nitrogen and oxygen atoms in total. The van der Waals surface area contributed by atoms with Crippen LogP contribution in [0.25, 0.3) is 0 Å². The van der Waals surface area contributed by atoms with Crippen molar-refractivity contribution < 1.29 is 0 Å². The normalized spacial score (nSPS) is 11.4. The SMILES string of the molecule is CN(C)CCCN(C)CCc1cc(Cl)ccn1. The number of rotatable bonds is 7. The van der Waals surface area contributed by atoms with Crippen molar-refractivity contribution >= 4 is 11.6 Å². The number of nitrogens with zero attached hydrogens (tertiary/aromatic N) is 3. The lowest BCUT2D eigenvalue weighted by Crippen LogP contribution is -2.25. The molecule has 96 valence electrons. The Labute approximate surface area is 109 Å². The van der Waals surface area contributed by atoms with Crippen LogP contribution in [0.15, 0.2) is 18.3 Å². The molecule has 0 saturated heterocycles. The molecule has 0 amide bonds. The Balaban J connectivity index is 2.21. The molecule has 0 aliphatic heterocycles. The molecule has 0 saturated carbocycles. The molecule has 0 radical (unpaired) electrons. The third kappa shape index (κ3) is 6.61. The highest BCUT2D eigenvalue weighted by Crippen LogP contribution is 2.08. The summed E-state index contributed by atoms with van der Waals surface area (Å²) < 4.78 is 0. The maximum atomic E-state index is 5.92. The topological polar surface area (TPSA) is 19.4 Å². The Kier molecular flexibility index (Phi) is 6.48. The first kappa shape index (κ1) is 14.4. The molecule has 1 aromatic rings. The average Bonchev–Trinajstić information content (AvgIpc) is 2.26. The molecule has 0 bridgehead atoms. The van der Waals surface area contributed by atoms with Crippen molar-refractivity contribution in [2.45, 2.75) is 12.8 Å². The number of aromatic nitrogens is 1. The first-order valence-electron chi connectivity index (χ1n) is 6.01. The smallest absolute Gasteiger partial charge is 0.0439 e. The maximum Gasteiger partial charge on any atom is 0.0439 e. The lowest BCUT2D eigenvalue weighted by atomic mass is 10.2. The van der Waals surface area contributed by atoms with Crippen LogP contribution >= 0.6 is 11.6 Å². The van der Waals surface area contributed by atoms with Crippen LogP contribution in [0.5, 0.6) is 0 Å². The van der Waals surface area contributed by atoms with Crippen LogP contribution in [0.3, 0.4) is 0 Å². The number of likely N-dealkylation sites (N-methyl/N-ethyl adjacent to an activating group) is 1. The van der Waals surface area contributed by atoms with Gasteiger partial charge in [0, 0.05) is 29.9 Å². The molecule has 0 spiro atoms. The molecule has 0 unspecified atom stereocenters. The highest BCUT2D eigenvalue weighted by Gasteiger charge is 2.01. The van der Waals surface area contributed by atoms with Crippen LogP contribution in [0.2, 0.25) is 5.02 Å². The zero-order valence-electron chi connectivity index (χ0n) is 11.0. The van der Waals surface area contributed by atoms with E-state index in [9.17, 15) is 0 Å². The van der Waals surface area contributed by atoms with Gasteiger partial charge >= 0.3 is 0 Å². The van der Waals surface area contributed by atoms with E-state index < -0.39 is 0 Å². The molecule has 0 N–H and O–H groups in total. The molecule has 1 aromatic heterocycles. The first-order valence-corrected chi connectivity index (χ1v) is 6.39. The Morgan fingerprint density at radius 2 is 1.94 bits per heavy atom. The van der Waals surface area contributed by atoms with Crippen molar-refractivity contribution in [3.05, 3.63) is 29.0 Å². The molecule has 1 heterocycles. The largest absolute Gasteiger partial charge is 0.309 e.